The second kappa shape index (κ2) is 10.4. The quantitative estimate of drug-likeness (QED) is 0.442. The summed E-state index contributed by atoms with van der Waals surface area (Å²) >= 11 is 0. The molecule has 0 atom stereocenters. The average Bonchev–Trinajstić information content (AvgIpc) is 2.66. The van der Waals surface area contributed by atoms with E-state index in [0.717, 1.165) is 25.7 Å². The zero-order valence-corrected chi connectivity index (χ0v) is 15.1. The van der Waals surface area contributed by atoms with Crippen molar-refractivity contribution in [3.63, 3.8) is 0 Å². The molecule has 0 bridgehead atoms. The van der Waals surface area contributed by atoms with Crippen LogP contribution in [0.2, 0.25) is 0 Å². The van der Waals surface area contributed by atoms with Crippen LogP contribution in [0.1, 0.15) is 49.4 Å². The van der Waals surface area contributed by atoms with E-state index in [4.69, 9.17) is 4.74 Å². The smallest absolute Gasteiger partial charge is 0.434 e. The van der Waals surface area contributed by atoms with Gasteiger partial charge in [0.25, 0.3) is 5.91 Å². The van der Waals surface area contributed by atoms with Crippen molar-refractivity contribution in [3.8, 4) is 5.75 Å². The molecule has 0 aliphatic heterocycles. The molecular formula is C19H26N2O5. The molecule has 142 valence electrons. The molecule has 2 amide bonds. The molecule has 1 aromatic carbocycles. The van der Waals surface area contributed by atoms with Crippen LogP contribution in [0, 0.1) is 5.92 Å². The zero-order valence-electron chi connectivity index (χ0n) is 15.1. The number of benzene rings is 1. The summed E-state index contributed by atoms with van der Waals surface area (Å²) in [5.41, 5.74) is 0.444. The molecule has 7 nitrogen and oxygen atoms in total. The number of hydrogen-bond acceptors (Lipinski definition) is 5. The topological polar surface area (TPSA) is 93.7 Å². The van der Waals surface area contributed by atoms with Crippen molar-refractivity contribution in [3.05, 3.63) is 29.8 Å². The first-order valence-corrected chi connectivity index (χ1v) is 9.10. The van der Waals surface area contributed by atoms with E-state index >= 15 is 0 Å². The molecule has 7 heteroatoms. The van der Waals surface area contributed by atoms with Gasteiger partial charge in [0.2, 0.25) is 5.91 Å². The Hall–Kier alpha value is -2.57. The Morgan fingerprint density at radius 3 is 2.31 bits per heavy atom. The Bertz CT molecular complexity index is 609. The van der Waals surface area contributed by atoms with Gasteiger partial charge in [-0.2, -0.15) is 0 Å². The molecular weight excluding hydrogens is 336 g/mol. The van der Waals surface area contributed by atoms with Crippen molar-refractivity contribution in [2.24, 2.45) is 5.92 Å². The van der Waals surface area contributed by atoms with E-state index in [1.54, 1.807) is 19.1 Å². The summed E-state index contributed by atoms with van der Waals surface area (Å²) in [7, 11) is 0. The van der Waals surface area contributed by atoms with Crippen LogP contribution in [-0.2, 0) is 9.53 Å². The number of amides is 2. The SMILES string of the molecule is CCOC(=O)Oc1ccc(C(=O)NCCNC(=O)C2CCCCC2)cc1. The van der Waals surface area contributed by atoms with Gasteiger partial charge in [0.15, 0.2) is 0 Å². The fourth-order valence-corrected chi connectivity index (χ4v) is 2.89. The first-order valence-electron chi connectivity index (χ1n) is 9.10. The van der Waals surface area contributed by atoms with E-state index in [1.165, 1.54) is 18.6 Å². The van der Waals surface area contributed by atoms with Crippen LogP contribution < -0.4 is 15.4 Å². The molecule has 1 aliphatic carbocycles. The molecule has 26 heavy (non-hydrogen) atoms. The van der Waals surface area contributed by atoms with Crippen molar-refractivity contribution < 1.29 is 23.9 Å². The molecule has 2 rings (SSSR count). The maximum Gasteiger partial charge on any atom is 0.513 e. The van der Waals surface area contributed by atoms with Crippen molar-refractivity contribution >= 4 is 18.0 Å². The van der Waals surface area contributed by atoms with Crippen LogP contribution in [0.15, 0.2) is 24.3 Å². The number of rotatable bonds is 7. The summed E-state index contributed by atoms with van der Waals surface area (Å²) in [5.74, 6) is 0.255. The molecule has 2 N–H and O–H groups in total. The van der Waals surface area contributed by atoms with Gasteiger partial charge in [-0.15, -0.1) is 0 Å². The summed E-state index contributed by atoms with van der Waals surface area (Å²) in [4.78, 5) is 35.3. The summed E-state index contributed by atoms with van der Waals surface area (Å²) in [6.45, 7) is 2.69. The molecule has 0 heterocycles. The predicted octanol–water partition coefficient (Wildman–Crippen LogP) is 2.65. The molecule has 0 spiro atoms. The zero-order chi connectivity index (χ0) is 18.8. The highest BCUT2D eigenvalue weighted by Crippen LogP contribution is 2.23. The van der Waals surface area contributed by atoms with Gasteiger partial charge in [-0.3, -0.25) is 9.59 Å². The Balaban J connectivity index is 1.68. The Kier molecular flexibility index (Phi) is 7.92. The molecule has 0 unspecified atom stereocenters. The Morgan fingerprint density at radius 2 is 1.65 bits per heavy atom. The standard InChI is InChI=1S/C19H26N2O5/c1-2-25-19(24)26-16-10-8-15(9-11-16)18(23)21-13-12-20-17(22)14-6-4-3-5-7-14/h8-11,14H,2-7,12-13H2,1H3,(H,20,22)(H,21,23). The number of carbonyl (C=O) groups excluding carboxylic acids is 3. The molecule has 1 saturated carbocycles. The van der Waals surface area contributed by atoms with Gasteiger partial charge in [-0.1, -0.05) is 19.3 Å². The second-order valence-corrected chi connectivity index (χ2v) is 6.19. The summed E-state index contributed by atoms with van der Waals surface area (Å²) < 4.78 is 9.61. The maximum absolute atomic E-state index is 12.1. The lowest BCUT2D eigenvalue weighted by molar-refractivity contribution is -0.125. The number of carbonyl (C=O) groups is 3. The maximum atomic E-state index is 12.1. The van der Waals surface area contributed by atoms with Crippen LogP contribution in [0.3, 0.4) is 0 Å². The van der Waals surface area contributed by atoms with Gasteiger partial charge in [-0.25, -0.2) is 4.79 Å². The van der Waals surface area contributed by atoms with Crippen molar-refractivity contribution in [1.82, 2.24) is 10.6 Å². The van der Waals surface area contributed by atoms with Crippen molar-refractivity contribution in [1.29, 1.82) is 0 Å². The minimum atomic E-state index is -0.779. The number of nitrogens with one attached hydrogen (secondary N) is 2. The van der Waals surface area contributed by atoms with Crippen LogP contribution in [-0.4, -0.2) is 37.7 Å². The minimum Gasteiger partial charge on any atom is -0.434 e. The lowest BCUT2D eigenvalue weighted by atomic mass is 9.89. The van der Waals surface area contributed by atoms with Crippen molar-refractivity contribution in [2.45, 2.75) is 39.0 Å². The van der Waals surface area contributed by atoms with Gasteiger partial charge < -0.3 is 20.1 Å². The summed E-state index contributed by atoms with van der Waals surface area (Å²) in [5, 5.41) is 5.63. The largest absolute Gasteiger partial charge is 0.513 e. The van der Waals surface area contributed by atoms with E-state index in [0.29, 0.717) is 24.4 Å². The van der Waals surface area contributed by atoms with Crippen LogP contribution in [0.4, 0.5) is 4.79 Å². The first-order chi connectivity index (χ1) is 12.6. The highest BCUT2D eigenvalue weighted by Gasteiger charge is 2.20. The third-order valence-corrected chi connectivity index (χ3v) is 4.27. The van der Waals surface area contributed by atoms with Crippen molar-refractivity contribution in [2.75, 3.05) is 19.7 Å². The third kappa shape index (κ3) is 6.38. The van der Waals surface area contributed by atoms with Gasteiger partial charge in [0.05, 0.1) is 6.61 Å². The summed E-state index contributed by atoms with van der Waals surface area (Å²) in [6, 6.07) is 6.17. The second-order valence-electron chi connectivity index (χ2n) is 6.19. The predicted molar refractivity (Wildman–Crippen MR) is 96.0 cm³/mol. The third-order valence-electron chi connectivity index (χ3n) is 4.27. The van der Waals surface area contributed by atoms with E-state index in [2.05, 4.69) is 15.4 Å². The Morgan fingerprint density at radius 1 is 1.00 bits per heavy atom. The highest BCUT2D eigenvalue weighted by molar-refractivity contribution is 5.94. The molecule has 1 aliphatic rings. The van der Waals surface area contributed by atoms with Crippen LogP contribution >= 0.6 is 0 Å². The van der Waals surface area contributed by atoms with E-state index < -0.39 is 6.16 Å². The summed E-state index contributed by atoms with van der Waals surface area (Å²) in [6.07, 6.45) is 4.58. The molecule has 0 saturated heterocycles. The number of hydrogen-bond donors (Lipinski definition) is 2. The van der Waals surface area contributed by atoms with Crippen LogP contribution in [0.5, 0.6) is 5.75 Å². The van der Waals surface area contributed by atoms with Gasteiger partial charge in [0.1, 0.15) is 5.75 Å². The molecule has 0 aromatic heterocycles. The van der Waals surface area contributed by atoms with Gasteiger partial charge >= 0.3 is 6.16 Å². The normalized spacial score (nSPS) is 14.3. The number of ether oxygens (including phenoxy) is 2. The van der Waals surface area contributed by atoms with E-state index in [1.807, 2.05) is 0 Å². The fourth-order valence-electron chi connectivity index (χ4n) is 2.89. The average molecular weight is 362 g/mol. The highest BCUT2D eigenvalue weighted by atomic mass is 16.7. The van der Waals surface area contributed by atoms with E-state index in [-0.39, 0.29) is 24.3 Å². The van der Waals surface area contributed by atoms with Gasteiger partial charge in [-0.05, 0) is 44.0 Å². The fraction of sp³-hybridized carbons (Fsp3) is 0.526. The van der Waals surface area contributed by atoms with E-state index in [9.17, 15) is 14.4 Å². The monoisotopic (exact) mass is 362 g/mol. The molecule has 0 radical (unpaired) electrons. The van der Waals surface area contributed by atoms with Crippen LogP contribution in [0.25, 0.3) is 0 Å². The molecule has 1 aromatic rings. The van der Waals surface area contributed by atoms with Gasteiger partial charge in [0, 0.05) is 24.6 Å². The Labute approximate surface area is 153 Å². The molecule has 1 fully saturated rings. The first kappa shape index (κ1) is 19.8. The minimum absolute atomic E-state index is 0.0828. The lowest BCUT2D eigenvalue weighted by Crippen LogP contribution is -2.38. The lowest BCUT2D eigenvalue weighted by Gasteiger charge is -2.20.